The van der Waals surface area contributed by atoms with Gasteiger partial charge in [0.1, 0.15) is 11.5 Å². The van der Waals surface area contributed by atoms with Crippen molar-refractivity contribution in [1.29, 1.82) is 0 Å². The number of ether oxygens (including phenoxy) is 2. The van der Waals surface area contributed by atoms with Crippen molar-refractivity contribution >= 4 is 17.3 Å². The van der Waals surface area contributed by atoms with Crippen LogP contribution in [0.2, 0.25) is 5.02 Å². The molecule has 2 aromatic carbocycles. The van der Waals surface area contributed by atoms with E-state index in [-0.39, 0.29) is 0 Å². The third kappa shape index (κ3) is 4.35. The highest BCUT2D eigenvalue weighted by Gasteiger charge is 1.99. The fraction of sp³-hybridized carbons (Fsp3) is 0.250. The van der Waals surface area contributed by atoms with E-state index in [2.05, 4.69) is 0 Å². The molecule has 2 rings (SSSR count). The number of hydrogen-bond acceptors (Lipinski definition) is 3. The molecule has 0 bridgehead atoms. The summed E-state index contributed by atoms with van der Waals surface area (Å²) in [6.45, 7) is 3.24. The molecule has 0 aliphatic heterocycles. The van der Waals surface area contributed by atoms with Crippen LogP contribution >= 0.6 is 11.6 Å². The van der Waals surface area contributed by atoms with Crippen LogP contribution < -0.4 is 15.2 Å². The van der Waals surface area contributed by atoms with Crippen LogP contribution in [0.4, 0.5) is 5.69 Å². The highest BCUT2D eigenvalue weighted by molar-refractivity contribution is 6.33. The smallest absolute Gasteiger partial charge is 0.121 e. The van der Waals surface area contributed by atoms with Crippen molar-refractivity contribution in [3.63, 3.8) is 0 Å². The number of rotatable bonds is 6. The minimum atomic E-state index is 0.528. The second kappa shape index (κ2) is 7.06. The number of benzene rings is 2. The van der Waals surface area contributed by atoms with Crippen molar-refractivity contribution in [2.45, 2.75) is 13.3 Å². The second-order valence-electron chi connectivity index (χ2n) is 4.55. The monoisotopic (exact) mass is 291 g/mol. The molecule has 0 saturated carbocycles. The quantitative estimate of drug-likeness (QED) is 0.644. The third-order valence-electron chi connectivity index (χ3n) is 2.78. The van der Waals surface area contributed by atoms with E-state index in [1.54, 1.807) is 18.2 Å². The molecule has 4 heteroatoms. The zero-order valence-electron chi connectivity index (χ0n) is 11.4. The first-order chi connectivity index (χ1) is 9.65. The van der Waals surface area contributed by atoms with E-state index < -0.39 is 0 Å². The first kappa shape index (κ1) is 14.5. The number of anilines is 1. The molecular weight excluding hydrogens is 274 g/mol. The molecule has 0 radical (unpaired) electrons. The summed E-state index contributed by atoms with van der Waals surface area (Å²) in [7, 11) is 0. The molecule has 20 heavy (non-hydrogen) atoms. The molecule has 0 amide bonds. The van der Waals surface area contributed by atoms with Crippen LogP contribution in [-0.2, 0) is 0 Å². The van der Waals surface area contributed by atoms with Crippen molar-refractivity contribution in [1.82, 2.24) is 0 Å². The zero-order chi connectivity index (χ0) is 14.4. The molecule has 0 atom stereocenters. The lowest BCUT2D eigenvalue weighted by Gasteiger charge is -2.09. The fourth-order valence-corrected chi connectivity index (χ4v) is 1.87. The summed E-state index contributed by atoms with van der Waals surface area (Å²) < 4.78 is 11.2. The van der Waals surface area contributed by atoms with Crippen molar-refractivity contribution in [3.8, 4) is 11.5 Å². The van der Waals surface area contributed by atoms with E-state index in [1.165, 1.54) is 5.56 Å². The molecule has 0 unspecified atom stereocenters. The van der Waals surface area contributed by atoms with Gasteiger partial charge in [0.15, 0.2) is 0 Å². The predicted molar refractivity (Wildman–Crippen MR) is 82.7 cm³/mol. The van der Waals surface area contributed by atoms with Gasteiger partial charge in [-0.3, -0.25) is 0 Å². The maximum absolute atomic E-state index is 5.84. The maximum Gasteiger partial charge on any atom is 0.121 e. The van der Waals surface area contributed by atoms with Crippen molar-refractivity contribution in [2.24, 2.45) is 0 Å². The summed E-state index contributed by atoms with van der Waals surface area (Å²) >= 11 is 5.84. The Balaban J connectivity index is 1.70. The summed E-state index contributed by atoms with van der Waals surface area (Å²) in [6, 6.07) is 13.3. The summed E-state index contributed by atoms with van der Waals surface area (Å²) in [6.07, 6.45) is 0.802. The van der Waals surface area contributed by atoms with Crippen LogP contribution in [0.25, 0.3) is 0 Å². The van der Waals surface area contributed by atoms with Crippen LogP contribution in [0.15, 0.2) is 42.5 Å². The van der Waals surface area contributed by atoms with E-state index in [0.29, 0.717) is 23.9 Å². The Morgan fingerprint density at radius 3 is 2.35 bits per heavy atom. The summed E-state index contributed by atoms with van der Waals surface area (Å²) in [5.41, 5.74) is 7.42. The van der Waals surface area contributed by atoms with E-state index in [1.807, 2.05) is 31.2 Å². The lowest BCUT2D eigenvalue weighted by molar-refractivity contribution is 0.247. The number of halogens is 1. The Bertz CT molecular complexity index is 572. The molecule has 0 aliphatic carbocycles. The molecule has 0 spiro atoms. The van der Waals surface area contributed by atoms with Gasteiger partial charge in [-0.15, -0.1) is 0 Å². The zero-order valence-corrected chi connectivity index (χ0v) is 12.2. The Morgan fingerprint density at radius 2 is 1.70 bits per heavy atom. The Hall–Kier alpha value is -1.87. The van der Waals surface area contributed by atoms with Crippen LogP contribution in [0, 0.1) is 6.92 Å². The minimum absolute atomic E-state index is 0.528. The van der Waals surface area contributed by atoms with Crippen molar-refractivity contribution in [3.05, 3.63) is 53.1 Å². The number of hydrogen-bond donors (Lipinski definition) is 1. The summed E-state index contributed by atoms with van der Waals surface area (Å²) in [4.78, 5) is 0. The highest BCUT2D eigenvalue weighted by Crippen LogP contribution is 2.23. The van der Waals surface area contributed by atoms with Gasteiger partial charge in [0, 0.05) is 12.5 Å². The van der Waals surface area contributed by atoms with Crippen LogP contribution in [-0.4, -0.2) is 13.2 Å². The fourth-order valence-electron chi connectivity index (χ4n) is 1.76. The molecule has 3 nitrogen and oxygen atoms in total. The van der Waals surface area contributed by atoms with Gasteiger partial charge < -0.3 is 15.2 Å². The molecular formula is C16H18ClNO2. The van der Waals surface area contributed by atoms with Gasteiger partial charge in [-0.1, -0.05) is 23.7 Å². The molecule has 2 N–H and O–H groups in total. The van der Waals surface area contributed by atoms with Crippen LogP contribution in [0.3, 0.4) is 0 Å². The lowest BCUT2D eigenvalue weighted by atomic mass is 10.2. The molecule has 0 fully saturated rings. The van der Waals surface area contributed by atoms with E-state index in [4.69, 9.17) is 26.8 Å². The van der Waals surface area contributed by atoms with Crippen molar-refractivity contribution < 1.29 is 9.47 Å². The molecule has 0 heterocycles. The van der Waals surface area contributed by atoms with Gasteiger partial charge in [-0.05, 0) is 36.8 Å². The summed E-state index contributed by atoms with van der Waals surface area (Å²) in [5.74, 6) is 1.61. The minimum Gasteiger partial charge on any atom is -0.493 e. The Kier molecular flexibility index (Phi) is 5.13. The van der Waals surface area contributed by atoms with Crippen LogP contribution in [0.5, 0.6) is 11.5 Å². The van der Waals surface area contributed by atoms with Gasteiger partial charge in [0.2, 0.25) is 0 Å². The van der Waals surface area contributed by atoms with Crippen molar-refractivity contribution in [2.75, 3.05) is 18.9 Å². The average molecular weight is 292 g/mol. The first-order valence-electron chi connectivity index (χ1n) is 6.52. The first-order valence-corrected chi connectivity index (χ1v) is 6.90. The molecule has 106 valence electrons. The SMILES string of the molecule is Cc1cccc(OCCCOc2ccc(Cl)c(N)c2)c1. The Labute approximate surface area is 124 Å². The van der Waals surface area contributed by atoms with Crippen LogP contribution in [0.1, 0.15) is 12.0 Å². The largest absolute Gasteiger partial charge is 0.493 e. The molecule has 2 aromatic rings. The van der Waals surface area contributed by atoms with E-state index in [9.17, 15) is 0 Å². The Morgan fingerprint density at radius 1 is 1.00 bits per heavy atom. The third-order valence-corrected chi connectivity index (χ3v) is 3.13. The lowest BCUT2D eigenvalue weighted by Crippen LogP contribution is -2.05. The van der Waals surface area contributed by atoms with E-state index in [0.717, 1.165) is 17.9 Å². The standard InChI is InChI=1S/C16H18ClNO2/c1-12-4-2-5-13(10-12)19-8-3-9-20-14-6-7-15(17)16(18)11-14/h2,4-7,10-11H,3,8-9,18H2,1H3. The van der Waals surface area contributed by atoms with E-state index >= 15 is 0 Å². The molecule has 0 aliphatic rings. The number of aryl methyl sites for hydroxylation is 1. The molecule has 0 saturated heterocycles. The normalized spacial score (nSPS) is 10.3. The van der Waals surface area contributed by atoms with Gasteiger partial charge >= 0.3 is 0 Å². The van der Waals surface area contributed by atoms with Gasteiger partial charge in [-0.2, -0.15) is 0 Å². The number of nitrogen functional groups attached to an aromatic ring is 1. The number of nitrogens with two attached hydrogens (primary N) is 1. The topological polar surface area (TPSA) is 44.5 Å². The predicted octanol–water partition coefficient (Wildman–Crippen LogP) is 4.08. The van der Waals surface area contributed by atoms with Gasteiger partial charge in [0.25, 0.3) is 0 Å². The summed E-state index contributed by atoms with van der Waals surface area (Å²) in [5, 5.41) is 0.542. The second-order valence-corrected chi connectivity index (χ2v) is 4.96. The highest BCUT2D eigenvalue weighted by atomic mass is 35.5. The molecule has 0 aromatic heterocycles. The van der Waals surface area contributed by atoms with Gasteiger partial charge in [0.05, 0.1) is 23.9 Å². The maximum atomic E-state index is 5.84. The van der Waals surface area contributed by atoms with Gasteiger partial charge in [-0.25, -0.2) is 0 Å². The average Bonchev–Trinajstić information content (AvgIpc) is 2.42.